The second kappa shape index (κ2) is 5.64. The number of ether oxygens (including phenoxy) is 1. The molecule has 0 saturated carbocycles. The summed E-state index contributed by atoms with van der Waals surface area (Å²) in [5, 5.41) is 10.9. The van der Waals surface area contributed by atoms with Gasteiger partial charge in [0.1, 0.15) is 10.6 Å². The number of carbonyl (C=O) groups is 1. The Morgan fingerprint density at radius 2 is 2.21 bits per heavy atom. The van der Waals surface area contributed by atoms with Gasteiger partial charge in [0.25, 0.3) is 10.9 Å². The Bertz CT molecular complexity index is 661. The predicted octanol–water partition coefficient (Wildman–Crippen LogP) is 4.07. The predicted molar refractivity (Wildman–Crippen MR) is 73.4 cm³/mol. The number of non-ortho nitro benzene ring substituents is 1. The lowest BCUT2D eigenvalue weighted by Gasteiger charge is -2.02. The van der Waals surface area contributed by atoms with E-state index in [0.29, 0.717) is 10.8 Å². The minimum absolute atomic E-state index is 0.0412. The van der Waals surface area contributed by atoms with Gasteiger partial charge >= 0.3 is 0 Å². The quantitative estimate of drug-likeness (QED) is 0.464. The van der Waals surface area contributed by atoms with Gasteiger partial charge in [-0.3, -0.25) is 14.9 Å². The van der Waals surface area contributed by atoms with Gasteiger partial charge in [0.05, 0.1) is 11.0 Å². The Morgan fingerprint density at radius 1 is 1.47 bits per heavy atom. The molecule has 6 nitrogen and oxygen atoms in total. The fraction of sp³-hybridized carbons (Fsp3) is 0. The summed E-state index contributed by atoms with van der Waals surface area (Å²) in [5.74, 6) is 0.226. The molecule has 1 heterocycles. The molecule has 2 aromatic rings. The molecule has 0 atom stereocenters. The van der Waals surface area contributed by atoms with Crippen molar-refractivity contribution in [2.45, 2.75) is 0 Å². The summed E-state index contributed by atoms with van der Waals surface area (Å²) < 4.78 is 5.84. The molecule has 0 radical (unpaired) electrons. The van der Waals surface area contributed by atoms with Crippen LogP contribution in [0.3, 0.4) is 0 Å². The number of benzene rings is 1. The van der Waals surface area contributed by atoms with Crippen molar-refractivity contribution in [3.63, 3.8) is 0 Å². The van der Waals surface area contributed by atoms with Gasteiger partial charge in [0, 0.05) is 10.5 Å². The molecule has 0 aliphatic carbocycles. The van der Waals surface area contributed by atoms with Crippen LogP contribution in [0.15, 0.2) is 22.7 Å². The van der Waals surface area contributed by atoms with Gasteiger partial charge in [-0.2, -0.15) is 4.98 Å². The Labute approximate surface area is 124 Å². The number of nitro benzene ring substituents is 1. The van der Waals surface area contributed by atoms with Crippen molar-refractivity contribution in [2.75, 3.05) is 0 Å². The van der Waals surface area contributed by atoms with Gasteiger partial charge in [-0.15, -0.1) is 0 Å². The molecule has 0 unspecified atom stereocenters. The average molecular weight is 364 g/mol. The second-order valence-corrected chi connectivity index (χ2v) is 5.52. The Balaban J connectivity index is 2.32. The van der Waals surface area contributed by atoms with Crippen molar-refractivity contribution >= 4 is 50.8 Å². The molecule has 0 aliphatic heterocycles. The molecule has 0 fully saturated rings. The molecular weight excluding hydrogens is 360 g/mol. The summed E-state index contributed by atoms with van der Waals surface area (Å²) in [6.45, 7) is 0. The number of hydrogen-bond donors (Lipinski definition) is 0. The first kappa shape index (κ1) is 13.9. The van der Waals surface area contributed by atoms with Crippen LogP contribution in [0.2, 0.25) is 5.15 Å². The fourth-order valence-electron chi connectivity index (χ4n) is 1.22. The highest BCUT2D eigenvalue weighted by Gasteiger charge is 2.13. The number of thiazole rings is 1. The standard InChI is InChI=1S/C10H4BrClN2O4S/c11-5-1-6(14(16)17)3-7(2-5)18-10-13-9(12)8(4-15)19-10/h1-4H. The van der Waals surface area contributed by atoms with E-state index in [0.717, 1.165) is 11.3 Å². The SMILES string of the molecule is O=Cc1sc(Oc2cc(Br)cc([N+](=O)[O-])c2)nc1Cl. The first-order chi connectivity index (χ1) is 8.99. The summed E-state index contributed by atoms with van der Waals surface area (Å²) in [6, 6.07) is 4.14. The van der Waals surface area contributed by atoms with Crippen molar-refractivity contribution in [3.8, 4) is 10.9 Å². The Morgan fingerprint density at radius 3 is 2.79 bits per heavy atom. The molecule has 9 heteroatoms. The third-order valence-electron chi connectivity index (χ3n) is 1.97. The zero-order chi connectivity index (χ0) is 14.0. The zero-order valence-electron chi connectivity index (χ0n) is 9.00. The number of halogens is 2. The molecule has 2 rings (SSSR count). The highest BCUT2D eigenvalue weighted by atomic mass is 79.9. The molecule has 1 aromatic carbocycles. The lowest BCUT2D eigenvalue weighted by Crippen LogP contribution is -1.90. The number of aromatic nitrogens is 1. The van der Waals surface area contributed by atoms with E-state index < -0.39 is 4.92 Å². The average Bonchev–Trinajstić information content (AvgIpc) is 2.68. The van der Waals surface area contributed by atoms with E-state index in [1.54, 1.807) is 6.07 Å². The van der Waals surface area contributed by atoms with Crippen LogP contribution in [-0.4, -0.2) is 16.2 Å². The molecule has 0 spiro atoms. The maximum absolute atomic E-state index is 10.7. The fourth-order valence-corrected chi connectivity index (χ4v) is 2.61. The van der Waals surface area contributed by atoms with E-state index in [4.69, 9.17) is 16.3 Å². The molecule has 0 bridgehead atoms. The number of carbonyl (C=O) groups excluding carboxylic acids is 1. The van der Waals surface area contributed by atoms with Crippen molar-refractivity contribution in [1.82, 2.24) is 4.98 Å². The first-order valence-electron chi connectivity index (χ1n) is 4.74. The van der Waals surface area contributed by atoms with Gasteiger partial charge in [0.15, 0.2) is 11.4 Å². The molecule has 0 N–H and O–H groups in total. The van der Waals surface area contributed by atoms with Crippen LogP contribution < -0.4 is 4.74 Å². The molecule has 0 amide bonds. The zero-order valence-corrected chi connectivity index (χ0v) is 12.2. The molecular formula is C10H4BrClN2O4S. The molecule has 98 valence electrons. The third-order valence-corrected chi connectivity index (χ3v) is 3.69. The van der Waals surface area contributed by atoms with E-state index in [1.807, 2.05) is 0 Å². The number of rotatable bonds is 4. The van der Waals surface area contributed by atoms with Crippen LogP contribution in [0.5, 0.6) is 10.9 Å². The van der Waals surface area contributed by atoms with Crippen molar-refractivity contribution in [1.29, 1.82) is 0 Å². The molecule has 0 saturated heterocycles. The van der Waals surface area contributed by atoms with Gasteiger partial charge in [-0.25, -0.2) is 0 Å². The highest BCUT2D eigenvalue weighted by molar-refractivity contribution is 9.10. The summed E-state index contributed by atoms with van der Waals surface area (Å²) in [6.07, 6.45) is 0.566. The number of nitro groups is 1. The van der Waals surface area contributed by atoms with E-state index in [1.165, 1.54) is 12.1 Å². The summed E-state index contributed by atoms with van der Waals surface area (Å²) in [7, 11) is 0. The minimum atomic E-state index is -0.538. The van der Waals surface area contributed by atoms with Crippen LogP contribution in [0.25, 0.3) is 0 Å². The summed E-state index contributed by atoms with van der Waals surface area (Å²) in [4.78, 5) is 24.9. The van der Waals surface area contributed by atoms with Crippen LogP contribution in [-0.2, 0) is 0 Å². The van der Waals surface area contributed by atoms with Crippen molar-refractivity contribution in [3.05, 3.63) is 42.8 Å². The second-order valence-electron chi connectivity index (χ2n) is 3.26. The first-order valence-corrected chi connectivity index (χ1v) is 6.72. The van der Waals surface area contributed by atoms with Crippen LogP contribution in [0.4, 0.5) is 5.69 Å². The largest absolute Gasteiger partial charge is 0.431 e. The van der Waals surface area contributed by atoms with Crippen molar-refractivity contribution < 1.29 is 14.5 Å². The number of aldehydes is 1. The van der Waals surface area contributed by atoms with Gasteiger partial charge in [0.2, 0.25) is 0 Å². The van der Waals surface area contributed by atoms with E-state index in [2.05, 4.69) is 20.9 Å². The maximum atomic E-state index is 10.7. The van der Waals surface area contributed by atoms with Crippen LogP contribution in [0.1, 0.15) is 9.67 Å². The molecule has 1 aromatic heterocycles. The topological polar surface area (TPSA) is 82.3 Å². The van der Waals surface area contributed by atoms with E-state index in [-0.39, 0.29) is 26.7 Å². The minimum Gasteiger partial charge on any atom is -0.431 e. The number of nitrogens with zero attached hydrogens (tertiary/aromatic N) is 2. The Kier molecular flexibility index (Phi) is 4.13. The number of hydrogen-bond acceptors (Lipinski definition) is 6. The molecule has 0 aliphatic rings. The third kappa shape index (κ3) is 3.28. The van der Waals surface area contributed by atoms with Crippen LogP contribution in [0, 0.1) is 10.1 Å². The van der Waals surface area contributed by atoms with E-state index in [9.17, 15) is 14.9 Å². The monoisotopic (exact) mass is 362 g/mol. The summed E-state index contributed by atoms with van der Waals surface area (Å²) >= 11 is 9.80. The van der Waals surface area contributed by atoms with Gasteiger partial charge < -0.3 is 4.74 Å². The van der Waals surface area contributed by atoms with Gasteiger partial charge in [-0.05, 0) is 6.07 Å². The smallest absolute Gasteiger partial charge is 0.280 e. The van der Waals surface area contributed by atoms with Crippen LogP contribution >= 0.6 is 38.9 Å². The Hall–Kier alpha value is -1.51. The lowest BCUT2D eigenvalue weighted by molar-refractivity contribution is -0.385. The van der Waals surface area contributed by atoms with Crippen molar-refractivity contribution in [2.24, 2.45) is 0 Å². The molecule has 19 heavy (non-hydrogen) atoms. The summed E-state index contributed by atoms with van der Waals surface area (Å²) in [5.41, 5.74) is -0.123. The highest BCUT2D eigenvalue weighted by Crippen LogP contribution is 2.33. The van der Waals surface area contributed by atoms with Gasteiger partial charge in [-0.1, -0.05) is 38.9 Å². The maximum Gasteiger partial charge on any atom is 0.280 e. The lowest BCUT2D eigenvalue weighted by atomic mass is 10.3. The normalized spacial score (nSPS) is 10.2. The van der Waals surface area contributed by atoms with E-state index >= 15 is 0 Å².